The SMILES string of the molecule is CCCCC(C=CCC(C(C)=O)C(C)=O)CC. The molecule has 2 nitrogen and oxygen atoms in total. The van der Waals surface area contributed by atoms with E-state index in [1.807, 2.05) is 6.08 Å². The number of carbonyl (C=O) groups excluding carboxylic acids is 2. The minimum atomic E-state index is -0.435. The number of unbranched alkanes of at least 4 members (excludes halogenated alkanes) is 1. The highest BCUT2D eigenvalue weighted by Crippen LogP contribution is 2.15. The second-order valence-electron chi connectivity index (χ2n) is 4.75. The largest absolute Gasteiger partial charge is 0.299 e. The standard InChI is InChI=1S/C15H26O2/c1-5-7-9-14(6-2)10-8-11-15(12(3)16)13(4)17/h8,10,14-15H,5-7,9,11H2,1-4H3. The molecule has 0 aliphatic rings. The number of hydrogen-bond donors (Lipinski definition) is 0. The molecule has 1 atom stereocenters. The summed E-state index contributed by atoms with van der Waals surface area (Å²) >= 11 is 0. The lowest BCUT2D eigenvalue weighted by atomic mass is 9.94. The molecule has 1 unspecified atom stereocenters. The summed E-state index contributed by atoms with van der Waals surface area (Å²) in [6.07, 6.45) is 9.54. The van der Waals surface area contributed by atoms with Gasteiger partial charge in [0.25, 0.3) is 0 Å². The van der Waals surface area contributed by atoms with Crippen LogP contribution in [0.2, 0.25) is 0 Å². The fourth-order valence-corrected chi connectivity index (χ4v) is 1.93. The van der Waals surface area contributed by atoms with E-state index in [2.05, 4.69) is 19.9 Å². The molecule has 0 rings (SSSR count). The Morgan fingerprint density at radius 3 is 2.12 bits per heavy atom. The smallest absolute Gasteiger partial charge is 0.140 e. The summed E-state index contributed by atoms with van der Waals surface area (Å²) in [4.78, 5) is 22.5. The average Bonchev–Trinajstić information content (AvgIpc) is 2.27. The lowest BCUT2D eigenvalue weighted by Gasteiger charge is -2.10. The normalized spacial score (nSPS) is 13.2. The summed E-state index contributed by atoms with van der Waals surface area (Å²) < 4.78 is 0. The summed E-state index contributed by atoms with van der Waals surface area (Å²) in [6.45, 7) is 7.36. The zero-order valence-electron chi connectivity index (χ0n) is 11.7. The van der Waals surface area contributed by atoms with Crippen molar-refractivity contribution in [3.8, 4) is 0 Å². The van der Waals surface area contributed by atoms with E-state index in [-0.39, 0.29) is 11.6 Å². The van der Waals surface area contributed by atoms with Crippen molar-refractivity contribution in [2.45, 2.75) is 59.8 Å². The predicted molar refractivity (Wildman–Crippen MR) is 71.9 cm³/mol. The minimum absolute atomic E-state index is 0.0243. The van der Waals surface area contributed by atoms with Gasteiger partial charge in [-0.05, 0) is 39.0 Å². The Morgan fingerprint density at radius 2 is 1.71 bits per heavy atom. The van der Waals surface area contributed by atoms with E-state index in [4.69, 9.17) is 0 Å². The van der Waals surface area contributed by atoms with E-state index in [0.29, 0.717) is 12.3 Å². The van der Waals surface area contributed by atoms with Gasteiger partial charge in [-0.1, -0.05) is 38.8 Å². The molecule has 0 heterocycles. The molecule has 17 heavy (non-hydrogen) atoms. The Labute approximate surface area is 105 Å². The molecule has 0 aliphatic carbocycles. The number of Topliss-reactive ketones (excluding diaryl/α,β-unsaturated/α-hetero) is 2. The van der Waals surface area contributed by atoms with Crippen LogP contribution in [0.15, 0.2) is 12.2 Å². The first-order valence-corrected chi connectivity index (χ1v) is 6.70. The van der Waals surface area contributed by atoms with Crippen molar-refractivity contribution < 1.29 is 9.59 Å². The summed E-state index contributed by atoms with van der Waals surface area (Å²) in [7, 11) is 0. The zero-order chi connectivity index (χ0) is 13.3. The van der Waals surface area contributed by atoms with Crippen molar-refractivity contribution >= 4 is 11.6 Å². The number of carbonyl (C=O) groups is 2. The van der Waals surface area contributed by atoms with E-state index >= 15 is 0 Å². The second kappa shape index (κ2) is 9.15. The first kappa shape index (κ1) is 16.1. The van der Waals surface area contributed by atoms with Crippen LogP contribution in [0, 0.1) is 11.8 Å². The van der Waals surface area contributed by atoms with Gasteiger partial charge in [-0.2, -0.15) is 0 Å². The molecule has 0 spiro atoms. The summed E-state index contributed by atoms with van der Waals surface area (Å²) in [5.41, 5.74) is 0. The van der Waals surface area contributed by atoms with Gasteiger partial charge in [-0.3, -0.25) is 9.59 Å². The molecule has 0 aliphatic heterocycles. The maximum Gasteiger partial charge on any atom is 0.140 e. The highest BCUT2D eigenvalue weighted by Gasteiger charge is 2.17. The average molecular weight is 238 g/mol. The fraction of sp³-hybridized carbons (Fsp3) is 0.733. The Balaban J connectivity index is 4.21. The van der Waals surface area contributed by atoms with Crippen LogP contribution in [0.5, 0.6) is 0 Å². The molecule has 0 aromatic heterocycles. The van der Waals surface area contributed by atoms with Gasteiger partial charge < -0.3 is 0 Å². The van der Waals surface area contributed by atoms with E-state index < -0.39 is 5.92 Å². The third kappa shape index (κ3) is 7.09. The van der Waals surface area contributed by atoms with Gasteiger partial charge in [0, 0.05) is 0 Å². The summed E-state index contributed by atoms with van der Waals surface area (Å²) in [5.74, 6) is 0.108. The van der Waals surface area contributed by atoms with Crippen LogP contribution >= 0.6 is 0 Å². The van der Waals surface area contributed by atoms with Gasteiger partial charge >= 0.3 is 0 Å². The number of allylic oxidation sites excluding steroid dienone is 2. The fourth-order valence-electron chi connectivity index (χ4n) is 1.93. The van der Waals surface area contributed by atoms with Crippen LogP contribution in [0.4, 0.5) is 0 Å². The molecule has 0 saturated carbocycles. The minimum Gasteiger partial charge on any atom is -0.299 e. The zero-order valence-corrected chi connectivity index (χ0v) is 11.7. The van der Waals surface area contributed by atoms with Gasteiger partial charge in [-0.15, -0.1) is 0 Å². The van der Waals surface area contributed by atoms with Gasteiger partial charge in [0.2, 0.25) is 0 Å². The monoisotopic (exact) mass is 238 g/mol. The maximum absolute atomic E-state index is 11.2. The second-order valence-corrected chi connectivity index (χ2v) is 4.75. The first-order chi connectivity index (χ1) is 8.02. The van der Waals surface area contributed by atoms with Gasteiger partial charge in [0.05, 0.1) is 5.92 Å². The Morgan fingerprint density at radius 1 is 1.12 bits per heavy atom. The van der Waals surface area contributed by atoms with Crippen LogP contribution in [0.1, 0.15) is 59.8 Å². The summed E-state index contributed by atoms with van der Waals surface area (Å²) in [5, 5.41) is 0. The van der Waals surface area contributed by atoms with Crippen LogP contribution in [0.3, 0.4) is 0 Å². The van der Waals surface area contributed by atoms with Gasteiger partial charge in [0.15, 0.2) is 0 Å². The Bertz CT molecular complexity index is 252. The molecule has 0 fully saturated rings. The van der Waals surface area contributed by atoms with E-state index in [1.165, 1.54) is 33.1 Å². The molecule has 0 aromatic carbocycles. The van der Waals surface area contributed by atoms with Crippen molar-refractivity contribution in [3.63, 3.8) is 0 Å². The lowest BCUT2D eigenvalue weighted by molar-refractivity contribution is -0.130. The van der Waals surface area contributed by atoms with Crippen LogP contribution in [-0.4, -0.2) is 11.6 Å². The molecule has 2 heteroatoms. The van der Waals surface area contributed by atoms with Crippen LogP contribution in [0.25, 0.3) is 0 Å². The molecule has 0 saturated heterocycles. The van der Waals surface area contributed by atoms with E-state index in [1.54, 1.807) is 0 Å². The number of hydrogen-bond acceptors (Lipinski definition) is 2. The highest BCUT2D eigenvalue weighted by atomic mass is 16.1. The number of ketones is 2. The molecular weight excluding hydrogens is 212 g/mol. The third-order valence-electron chi connectivity index (χ3n) is 3.21. The van der Waals surface area contributed by atoms with Crippen molar-refractivity contribution in [3.05, 3.63) is 12.2 Å². The molecule has 0 N–H and O–H groups in total. The highest BCUT2D eigenvalue weighted by molar-refractivity contribution is 6.00. The van der Waals surface area contributed by atoms with E-state index in [9.17, 15) is 9.59 Å². The van der Waals surface area contributed by atoms with Crippen molar-refractivity contribution in [1.29, 1.82) is 0 Å². The molecule has 0 amide bonds. The van der Waals surface area contributed by atoms with Gasteiger partial charge in [0.1, 0.15) is 11.6 Å². The van der Waals surface area contributed by atoms with Crippen molar-refractivity contribution in [2.75, 3.05) is 0 Å². The molecule has 0 aromatic rings. The quantitative estimate of drug-likeness (QED) is 0.450. The topological polar surface area (TPSA) is 34.1 Å². The third-order valence-corrected chi connectivity index (χ3v) is 3.21. The molecular formula is C15H26O2. The van der Waals surface area contributed by atoms with Gasteiger partial charge in [-0.25, -0.2) is 0 Å². The van der Waals surface area contributed by atoms with Crippen LogP contribution in [-0.2, 0) is 9.59 Å². The van der Waals surface area contributed by atoms with Crippen LogP contribution < -0.4 is 0 Å². The van der Waals surface area contributed by atoms with E-state index in [0.717, 1.165) is 6.42 Å². The van der Waals surface area contributed by atoms with Crippen molar-refractivity contribution in [2.24, 2.45) is 11.8 Å². The Hall–Kier alpha value is -0.920. The molecule has 98 valence electrons. The maximum atomic E-state index is 11.2. The predicted octanol–water partition coefficient (Wildman–Crippen LogP) is 3.94. The first-order valence-electron chi connectivity index (χ1n) is 6.70. The van der Waals surface area contributed by atoms with Crippen molar-refractivity contribution in [1.82, 2.24) is 0 Å². The molecule has 0 radical (unpaired) electrons. The number of rotatable bonds is 9. The Kier molecular flexibility index (Phi) is 8.65. The molecule has 0 bridgehead atoms. The lowest BCUT2D eigenvalue weighted by Crippen LogP contribution is -2.18. The summed E-state index contributed by atoms with van der Waals surface area (Å²) in [6, 6.07) is 0.